The molecule has 1 aliphatic heterocycles. The average molecular weight is 282 g/mol. The molecule has 2 rings (SSSR count). The summed E-state index contributed by atoms with van der Waals surface area (Å²) in [5.74, 6) is -0.230. The van der Waals surface area contributed by atoms with Gasteiger partial charge in [0.1, 0.15) is 10.7 Å². The number of nitrogens with two attached hydrogens (primary N) is 1. The minimum absolute atomic E-state index is 0.00243. The predicted octanol–water partition coefficient (Wildman–Crippen LogP) is 0.296. The van der Waals surface area contributed by atoms with Crippen molar-refractivity contribution in [1.82, 2.24) is 14.8 Å². The molecule has 6 nitrogen and oxygen atoms in total. The van der Waals surface area contributed by atoms with Gasteiger partial charge in [-0.2, -0.15) is 0 Å². The first-order chi connectivity index (χ1) is 9.11. The van der Waals surface area contributed by atoms with Crippen molar-refractivity contribution in [3.05, 3.63) is 16.1 Å². The summed E-state index contributed by atoms with van der Waals surface area (Å²) >= 11 is 1.36. The fourth-order valence-corrected chi connectivity index (χ4v) is 2.69. The third-order valence-electron chi connectivity index (χ3n) is 3.12. The first-order valence-corrected chi connectivity index (χ1v) is 7.17. The Morgan fingerprint density at radius 1 is 1.47 bits per heavy atom. The molecule has 0 radical (unpaired) electrons. The summed E-state index contributed by atoms with van der Waals surface area (Å²) in [4.78, 5) is 31.4. The van der Waals surface area contributed by atoms with Crippen LogP contribution in [-0.4, -0.2) is 53.3 Å². The Morgan fingerprint density at radius 3 is 2.74 bits per heavy atom. The number of likely N-dealkylation sites (N-methyl/N-ethyl adjacent to an activating group) is 1. The molecule has 104 valence electrons. The normalized spacial score (nSPS) is 14.7. The molecule has 0 saturated carbocycles. The minimum atomic E-state index is -0.233. The zero-order chi connectivity index (χ0) is 13.8. The maximum Gasteiger partial charge on any atom is 0.273 e. The molecule has 19 heavy (non-hydrogen) atoms. The molecule has 0 atom stereocenters. The Kier molecular flexibility index (Phi) is 4.49. The maximum absolute atomic E-state index is 12.1. The topological polar surface area (TPSA) is 79.5 Å². The summed E-state index contributed by atoms with van der Waals surface area (Å²) in [5, 5.41) is 2.41. The molecular weight excluding hydrogens is 264 g/mol. The Morgan fingerprint density at radius 2 is 2.16 bits per heavy atom. The molecule has 1 aliphatic rings. The number of nitrogens with zero attached hydrogens (tertiary/aromatic N) is 3. The highest BCUT2D eigenvalue weighted by molar-refractivity contribution is 7.09. The van der Waals surface area contributed by atoms with E-state index in [1.165, 1.54) is 16.2 Å². The lowest BCUT2D eigenvalue weighted by molar-refractivity contribution is -0.130. The van der Waals surface area contributed by atoms with Crippen LogP contribution in [0.25, 0.3) is 0 Å². The standard InChI is InChI=1S/C12H18N4O2S/c1-15(7-11(17)16-4-2-3-5-16)12(18)9-8-19-10(6-13)14-9/h8H,2-7,13H2,1H3. The molecule has 1 aromatic heterocycles. The number of amides is 2. The van der Waals surface area contributed by atoms with E-state index in [9.17, 15) is 9.59 Å². The molecule has 2 amide bonds. The molecule has 0 unspecified atom stereocenters. The highest BCUT2D eigenvalue weighted by atomic mass is 32.1. The van der Waals surface area contributed by atoms with Gasteiger partial charge in [-0.3, -0.25) is 9.59 Å². The van der Waals surface area contributed by atoms with Crippen LogP contribution >= 0.6 is 11.3 Å². The van der Waals surface area contributed by atoms with E-state index in [2.05, 4.69) is 4.98 Å². The summed E-state index contributed by atoms with van der Waals surface area (Å²) < 4.78 is 0. The van der Waals surface area contributed by atoms with E-state index in [1.54, 1.807) is 17.3 Å². The van der Waals surface area contributed by atoms with Crippen LogP contribution in [0.1, 0.15) is 28.3 Å². The summed E-state index contributed by atoms with van der Waals surface area (Å²) in [6.07, 6.45) is 2.10. The molecule has 0 aliphatic carbocycles. The predicted molar refractivity (Wildman–Crippen MR) is 72.8 cm³/mol. The third-order valence-corrected chi connectivity index (χ3v) is 3.99. The number of aromatic nitrogens is 1. The van der Waals surface area contributed by atoms with Gasteiger partial charge >= 0.3 is 0 Å². The lowest BCUT2D eigenvalue weighted by Crippen LogP contribution is -2.39. The van der Waals surface area contributed by atoms with Crippen molar-refractivity contribution in [1.29, 1.82) is 0 Å². The number of hydrogen-bond donors (Lipinski definition) is 1. The first-order valence-electron chi connectivity index (χ1n) is 6.29. The highest BCUT2D eigenvalue weighted by Crippen LogP contribution is 2.12. The molecule has 2 heterocycles. The summed E-state index contributed by atoms with van der Waals surface area (Å²) in [5.41, 5.74) is 5.83. The summed E-state index contributed by atoms with van der Waals surface area (Å²) in [6, 6.07) is 0. The second-order valence-electron chi connectivity index (χ2n) is 4.58. The van der Waals surface area contributed by atoms with Crippen LogP contribution in [0.4, 0.5) is 0 Å². The fraction of sp³-hybridized carbons (Fsp3) is 0.583. The van der Waals surface area contributed by atoms with Crippen LogP contribution < -0.4 is 5.73 Å². The number of hydrogen-bond acceptors (Lipinski definition) is 5. The van der Waals surface area contributed by atoms with E-state index in [1.807, 2.05) is 0 Å². The molecule has 1 aromatic rings. The SMILES string of the molecule is CN(CC(=O)N1CCCC1)C(=O)c1csc(CN)n1. The maximum atomic E-state index is 12.1. The van der Waals surface area contributed by atoms with Crippen LogP contribution in [0.2, 0.25) is 0 Å². The molecule has 2 N–H and O–H groups in total. The van der Waals surface area contributed by atoms with Gasteiger partial charge in [0.15, 0.2) is 0 Å². The summed E-state index contributed by atoms with van der Waals surface area (Å²) in [6.45, 7) is 2.03. The summed E-state index contributed by atoms with van der Waals surface area (Å²) in [7, 11) is 1.62. The van der Waals surface area contributed by atoms with E-state index < -0.39 is 0 Å². The van der Waals surface area contributed by atoms with Gasteiger partial charge in [-0.05, 0) is 12.8 Å². The molecule has 0 spiro atoms. The zero-order valence-electron chi connectivity index (χ0n) is 11.0. The van der Waals surface area contributed by atoms with Gasteiger partial charge in [0, 0.05) is 32.1 Å². The minimum Gasteiger partial charge on any atom is -0.341 e. The number of carbonyl (C=O) groups excluding carboxylic acids is 2. The average Bonchev–Trinajstić information content (AvgIpc) is 3.08. The van der Waals surface area contributed by atoms with Crippen LogP contribution in [0.3, 0.4) is 0 Å². The van der Waals surface area contributed by atoms with Gasteiger partial charge in [0.05, 0.1) is 6.54 Å². The van der Waals surface area contributed by atoms with Crippen molar-refractivity contribution in [2.45, 2.75) is 19.4 Å². The van der Waals surface area contributed by atoms with Gasteiger partial charge in [0.25, 0.3) is 5.91 Å². The van der Waals surface area contributed by atoms with Crippen LogP contribution in [0, 0.1) is 0 Å². The van der Waals surface area contributed by atoms with E-state index in [-0.39, 0.29) is 18.4 Å². The highest BCUT2D eigenvalue weighted by Gasteiger charge is 2.22. The van der Waals surface area contributed by atoms with Crippen molar-refractivity contribution in [3.8, 4) is 0 Å². The lowest BCUT2D eigenvalue weighted by Gasteiger charge is -2.20. The molecular formula is C12H18N4O2S. The van der Waals surface area contributed by atoms with Gasteiger partial charge < -0.3 is 15.5 Å². The second-order valence-corrected chi connectivity index (χ2v) is 5.52. The van der Waals surface area contributed by atoms with Crippen LogP contribution in [-0.2, 0) is 11.3 Å². The van der Waals surface area contributed by atoms with E-state index in [4.69, 9.17) is 5.73 Å². The van der Waals surface area contributed by atoms with Gasteiger partial charge in [0.2, 0.25) is 5.91 Å². The zero-order valence-corrected chi connectivity index (χ0v) is 11.8. The molecule has 7 heteroatoms. The van der Waals surface area contributed by atoms with Crippen molar-refractivity contribution >= 4 is 23.2 Å². The molecule has 1 saturated heterocycles. The largest absolute Gasteiger partial charge is 0.341 e. The van der Waals surface area contributed by atoms with E-state index >= 15 is 0 Å². The van der Waals surface area contributed by atoms with Crippen LogP contribution in [0.5, 0.6) is 0 Å². The fourth-order valence-electron chi connectivity index (χ4n) is 2.04. The quantitative estimate of drug-likeness (QED) is 0.861. The third kappa shape index (κ3) is 3.30. The van der Waals surface area contributed by atoms with E-state index in [0.29, 0.717) is 12.2 Å². The second kappa shape index (κ2) is 6.12. The lowest BCUT2D eigenvalue weighted by atomic mass is 10.4. The van der Waals surface area contributed by atoms with Crippen molar-refractivity contribution in [2.75, 3.05) is 26.7 Å². The Hall–Kier alpha value is -1.47. The monoisotopic (exact) mass is 282 g/mol. The number of thiazole rings is 1. The Labute approximate surface area is 116 Å². The number of likely N-dealkylation sites (tertiary alicyclic amines) is 1. The smallest absolute Gasteiger partial charge is 0.273 e. The van der Waals surface area contributed by atoms with Crippen molar-refractivity contribution < 1.29 is 9.59 Å². The Bertz CT molecular complexity index is 468. The van der Waals surface area contributed by atoms with Gasteiger partial charge in [-0.15, -0.1) is 11.3 Å². The van der Waals surface area contributed by atoms with E-state index in [0.717, 1.165) is 30.9 Å². The number of rotatable bonds is 4. The molecule has 0 bridgehead atoms. The van der Waals surface area contributed by atoms with Gasteiger partial charge in [-0.25, -0.2) is 4.98 Å². The van der Waals surface area contributed by atoms with Crippen molar-refractivity contribution in [3.63, 3.8) is 0 Å². The first kappa shape index (κ1) is 14.0. The van der Waals surface area contributed by atoms with Crippen LogP contribution in [0.15, 0.2) is 5.38 Å². The Balaban J connectivity index is 1.93. The molecule has 0 aromatic carbocycles. The number of carbonyl (C=O) groups is 2. The van der Waals surface area contributed by atoms with Crippen molar-refractivity contribution in [2.24, 2.45) is 5.73 Å². The molecule has 1 fully saturated rings. The van der Waals surface area contributed by atoms with Gasteiger partial charge in [-0.1, -0.05) is 0 Å².